The molecule has 4 nitrogen and oxygen atoms in total. The molecule has 1 aliphatic heterocycles. The standard InChI is InChI=1S/C15H21NO3/c1-11(10-19-2)9-15(18)16-8-7-14(17)12-5-3-4-6-13(12)16/h3-6,11,14,17H,7-10H2,1-2H3. The highest BCUT2D eigenvalue weighted by molar-refractivity contribution is 5.94. The zero-order chi connectivity index (χ0) is 13.8. The zero-order valence-corrected chi connectivity index (χ0v) is 11.5. The number of carbonyl (C=O) groups excluding carboxylic acids is 1. The second kappa shape index (κ2) is 6.17. The van der Waals surface area contributed by atoms with Gasteiger partial charge in [0, 0.05) is 37.9 Å². The number of carbonyl (C=O) groups is 1. The van der Waals surface area contributed by atoms with E-state index in [-0.39, 0.29) is 11.8 Å². The Bertz CT molecular complexity index is 447. The second-order valence-corrected chi connectivity index (χ2v) is 5.17. The third kappa shape index (κ3) is 3.14. The zero-order valence-electron chi connectivity index (χ0n) is 11.5. The maximum atomic E-state index is 12.3. The number of para-hydroxylation sites is 1. The topological polar surface area (TPSA) is 49.8 Å². The van der Waals surface area contributed by atoms with E-state index in [1.54, 1.807) is 12.0 Å². The van der Waals surface area contributed by atoms with Crippen LogP contribution in [0.3, 0.4) is 0 Å². The van der Waals surface area contributed by atoms with Gasteiger partial charge in [0.2, 0.25) is 5.91 Å². The lowest BCUT2D eigenvalue weighted by Gasteiger charge is -2.32. The molecule has 0 radical (unpaired) electrons. The van der Waals surface area contributed by atoms with Gasteiger partial charge in [-0.05, 0) is 18.4 Å². The number of aliphatic hydroxyl groups is 1. The average molecular weight is 263 g/mol. The van der Waals surface area contributed by atoms with Crippen LogP contribution in [0.5, 0.6) is 0 Å². The average Bonchev–Trinajstić information content (AvgIpc) is 2.39. The number of fused-ring (bicyclic) bond motifs is 1. The number of aliphatic hydroxyl groups excluding tert-OH is 1. The van der Waals surface area contributed by atoms with Crippen LogP contribution in [0.2, 0.25) is 0 Å². The molecule has 2 rings (SSSR count). The van der Waals surface area contributed by atoms with E-state index in [0.29, 0.717) is 26.0 Å². The summed E-state index contributed by atoms with van der Waals surface area (Å²) in [5, 5.41) is 9.97. The van der Waals surface area contributed by atoms with Crippen LogP contribution in [-0.4, -0.2) is 31.3 Å². The van der Waals surface area contributed by atoms with Crippen molar-refractivity contribution in [1.29, 1.82) is 0 Å². The van der Waals surface area contributed by atoms with Gasteiger partial charge >= 0.3 is 0 Å². The lowest BCUT2D eigenvalue weighted by molar-refractivity contribution is -0.120. The van der Waals surface area contributed by atoms with Crippen molar-refractivity contribution in [2.45, 2.75) is 25.9 Å². The van der Waals surface area contributed by atoms with Crippen molar-refractivity contribution < 1.29 is 14.6 Å². The number of methoxy groups -OCH3 is 1. The first kappa shape index (κ1) is 14.0. The fourth-order valence-corrected chi connectivity index (χ4v) is 2.55. The molecular formula is C15H21NO3. The maximum absolute atomic E-state index is 12.3. The van der Waals surface area contributed by atoms with Gasteiger partial charge in [-0.2, -0.15) is 0 Å². The molecule has 2 unspecified atom stereocenters. The van der Waals surface area contributed by atoms with E-state index in [9.17, 15) is 9.90 Å². The summed E-state index contributed by atoms with van der Waals surface area (Å²) < 4.78 is 5.07. The summed E-state index contributed by atoms with van der Waals surface area (Å²) >= 11 is 0. The molecule has 104 valence electrons. The number of hydrogen-bond acceptors (Lipinski definition) is 3. The Morgan fingerprint density at radius 3 is 3.00 bits per heavy atom. The summed E-state index contributed by atoms with van der Waals surface area (Å²) in [7, 11) is 1.65. The molecule has 4 heteroatoms. The molecule has 1 aromatic rings. The van der Waals surface area contributed by atoms with Crippen LogP contribution in [0, 0.1) is 5.92 Å². The predicted molar refractivity (Wildman–Crippen MR) is 74.0 cm³/mol. The van der Waals surface area contributed by atoms with Gasteiger partial charge in [-0.15, -0.1) is 0 Å². The van der Waals surface area contributed by atoms with Crippen molar-refractivity contribution in [3.05, 3.63) is 29.8 Å². The van der Waals surface area contributed by atoms with Crippen molar-refractivity contribution in [2.24, 2.45) is 5.92 Å². The van der Waals surface area contributed by atoms with E-state index in [1.165, 1.54) is 0 Å². The largest absolute Gasteiger partial charge is 0.388 e. The Hall–Kier alpha value is -1.39. The molecule has 2 atom stereocenters. The van der Waals surface area contributed by atoms with Gasteiger partial charge in [-0.1, -0.05) is 25.1 Å². The molecule has 0 spiro atoms. The molecule has 1 amide bonds. The molecule has 0 bridgehead atoms. The van der Waals surface area contributed by atoms with Crippen molar-refractivity contribution in [1.82, 2.24) is 0 Å². The number of anilines is 1. The highest BCUT2D eigenvalue weighted by Gasteiger charge is 2.27. The second-order valence-electron chi connectivity index (χ2n) is 5.17. The third-order valence-corrected chi connectivity index (χ3v) is 3.49. The van der Waals surface area contributed by atoms with E-state index in [1.807, 2.05) is 31.2 Å². The Morgan fingerprint density at radius 1 is 1.53 bits per heavy atom. The Kier molecular flexibility index (Phi) is 4.56. The first-order chi connectivity index (χ1) is 9.13. The van der Waals surface area contributed by atoms with E-state index in [4.69, 9.17) is 4.74 Å². The number of hydrogen-bond donors (Lipinski definition) is 1. The summed E-state index contributed by atoms with van der Waals surface area (Å²) in [6.07, 6.45) is 0.608. The summed E-state index contributed by atoms with van der Waals surface area (Å²) in [5.74, 6) is 0.306. The molecular weight excluding hydrogens is 242 g/mol. The molecule has 0 saturated heterocycles. The van der Waals surface area contributed by atoms with Crippen LogP contribution in [0.15, 0.2) is 24.3 Å². The SMILES string of the molecule is COCC(C)CC(=O)N1CCC(O)c2ccccc21. The number of benzene rings is 1. The summed E-state index contributed by atoms with van der Waals surface area (Å²) in [4.78, 5) is 14.1. The molecule has 19 heavy (non-hydrogen) atoms. The van der Waals surface area contributed by atoms with Crippen LogP contribution >= 0.6 is 0 Å². The van der Waals surface area contributed by atoms with E-state index < -0.39 is 6.10 Å². The van der Waals surface area contributed by atoms with E-state index in [2.05, 4.69) is 0 Å². The highest BCUT2D eigenvalue weighted by atomic mass is 16.5. The predicted octanol–water partition coefficient (Wildman–Crippen LogP) is 2.13. The Morgan fingerprint density at radius 2 is 2.26 bits per heavy atom. The first-order valence-corrected chi connectivity index (χ1v) is 6.69. The summed E-state index contributed by atoms with van der Waals surface area (Å²) in [6.45, 7) is 3.17. The number of nitrogens with zero attached hydrogens (tertiary/aromatic N) is 1. The van der Waals surface area contributed by atoms with Gasteiger partial charge < -0.3 is 14.7 Å². The Labute approximate surface area is 114 Å². The smallest absolute Gasteiger partial charge is 0.227 e. The fourth-order valence-electron chi connectivity index (χ4n) is 2.55. The van der Waals surface area contributed by atoms with Crippen molar-refractivity contribution in [3.8, 4) is 0 Å². The normalized spacial score (nSPS) is 19.9. The highest BCUT2D eigenvalue weighted by Crippen LogP contribution is 2.33. The minimum atomic E-state index is -0.461. The molecule has 1 N–H and O–H groups in total. The van der Waals surface area contributed by atoms with Gasteiger partial charge in [0.1, 0.15) is 0 Å². The quantitative estimate of drug-likeness (QED) is 0.905. The number of rotatable bonds is 4. The first-order valence-electron chi connectivity index (χ1n) is 6.69. The van der Waals surface area contributed by atoms with Gasteiger partial charge in [0.25, 0.3) is 0 Å². The molecule has 0 aliphatic carbocycles. The van der Waals surface area contributed by atoms with Crippen LogP contribution in [-0.2, 0) is 9.53 Å². The minimum absolute atomic E-state index is 0.101. The molecule has 0 saturated carbocycles. The van der Waals surface area contributed by atoms with E-state index >= 15 is 0 Å². The van der Waals surface area contributed by atoms with Gasteiger partial charge in [-0.3, -0.25) is 4.79 Å². The molecule has 0 aromatic heterocycles. The van der Waals surface area contributed by atoms with Crippen LogP contribution in [0.1, 0.15) is 31.4 Å². The molecule has 1 aromatic carbocycles. The van der Waals surface area contributed by atoms with Crippen molar-refractivity contribution in [3.63, 3.8) is 0 Å². The fraction of sp³-hybridized carbons (Fsp3) is 0.533. The third-order valence-electron chi connectivity index (χ3n) is 3.49. The lowest BCUT2D eigenvalue weighted by atomic mass is 9.97. The lowest BCUT2D eigenvalue weighted by Crippen LogP contribution is -2.37. The number of amides is 1. The maximum Gasteiger partial charge on any atom is 0.227 e. The monoisotopic (exact) mass is 263 g/mol. The minimum Gasteiger partial charge on any atom is -0.388 e. The van der Waals surface area contributed by atoms with Crippen LogP contribution in [0.4, 0.5) is 5.69 Å². The van der Waals surface area contributed by atoms with Gasteiger partial charge in [-0.25, -0.2) is 0 Å². The van der Waals surface area contributed by atoms with E-state index in [0.717, 1.165) is 11.3 Å². The van der Waals surface area contributed by atoms with Crippen molar-refractivity contribution in [2.75, 3.05) is 25.2 Å². The van der Waals surface area contributed by atoms with Crippen LogP contribution < -0.4 is 4.90 Å². The number of ether oxygens (including phenoxy) is 1. The molecule has 1 heterocycles. The summed E-state index contributed by atoms with van der Waals surface area (Å²) in [6, 6.07) is 7.58. The van der Waals surface area contributed by atoms with Gasteiger partial charge in [0.05, 0.1) is 6.10 Å². The van der Waals surface area contributed by atoms with Crippen molar-refractivity contribution >= 4 is 11.6 Å². The molecule has 1 aliphatic rings. The summed E-state index contributed by atoms with van der Waals surface area (Å²) in [5.41, 5.74) is 1.69. The molecule has 0 fully saturated rings. The Balaban J connectivity index is 2.13. The van der Waals surface area contributed by atoms with Gasteiger partial charge in [0.15, 0.2) is 0 Å². The van der Waals surface area contributed by atoms with Crippen LogP contribution in [0.25, 0.3) is 0 Å².